The summed E-state index contributed by atoms with van der Waals surface area (Å²) in [7, 11) is 0. The molecule has 6 heteroatoms. The molecule has 3 aromatic heterocycles. The van der Waals surface area contributed by atoms with Crippen LogP contribution in [0.1, 0.15) is 22.5 Å². The highest BCUT2D eigenvalue weighted by Crippen LogP contribution is 2.26. The molecule has 3 aromatic rings. The SMILES string of the molecule is Cc1cc(C)c2c(N3CCN(Cc4ncccc4C)CC3)ncnc2n1. The van der Waals surface area contributed by atoms with E-state index in [9.17, 15) is 0 Å². The molecule has 1 fully saturated rings. The lowest BCUT2D eigenvalue weighted by atomic mass is 10.1. The number of piperazine rings is 1. The molecule has 0 atom stereocenters. The Morgan fingerprint density at radius 1 is 0.962 bits per heavy atom. The summed E-state index contributed by atoms with van der Waals surface area (Å²) in [6.07, 6.45) is 3.51. The Kier molecular flexibility index (Phi) is 4.51. The van der Waals surface area contributed by atoms with Gasteiger partial charge in [-0.2, -0.15) is 0 Å². The number of hydrogen-bond donors (Lipinski definition) is 0. The fourth-order valence-corrected chi connectivity index (χ4v) is 3.64. The molecule has 0 amide bonds. The lowest BCUT2D eigenvalue weighted by Crippen LogP contribution is -2.46. The molecule has 134 valence electrons. The summed E-state index contributed by atoms with van der Waals surface area (Å²) in [4.78, 5) is 22.9. The Hall–Kier alpha value is -2.60. The second-order valence-electron chi connectivity index (χ2n) is 7.01. The van der Waals surface area contributed by atoms with Gasteiger partial charge in [-0.25, -0.2) is 15.0 Å². The van der Waals surface area contributed by atoms with E-state index in [0.29, 0.717) is 0 Å². The molecule has 1 saturated heterocycles. The van der Waals surface area contributed by atoms with E-state index in [1.165, 1.54) is 16.8 Å². The van der Waals surface area contributed by atoms with Gasteiger partial charge in [0.25, 0.3) is 0 Å². The first-order valence-electron chi connectivity index (χ1n) is 9.08. The molecular formula is C20H24N6. The molecule has 1 aliphatic heterocycles. The second kappa shape index (κ2) is 6.96. The van der Waals surface area contributed by atoms with Crippen LogP contribution in [-0.2, 0) is 6.54 Å². The van der Waals surface area contributed by atoms with Gasteiger partial charge in [0.15, 0.2) is 5.65 Å². The van der Waals surface area contributed by atoms with E-state index in [4.69, 9.17) is 0 Å². The number of aryl methyl sites for hydroxylation is 3. The fourth-order valence-electron chi connectivity index (χ4n) is 3.64. The molecule has 1 aliphatic rings. The Bertz CT molecular complexity index is 931. The maximum atomic E-state index is 4.59. The second-order valence-corrected chi connectivity index (χ2v) is 7.01. The highest BCUT2D eigenvalue weighted by atomic mass is 15.3. The van der Waals surface area contributed by atoms with Crippen molar-refractivity contribution in [3.8, 4) is 0 Å². The van der Waals surface area contributed by atoms with Gasteiger partial charge >= 0.3 is 0 Å². The molecule has 0 spiro atoms. The van der Waals surface area contributed by atoms with E-state index < -0.39 is 0 Å². The van der Waals surface area contributed by atoms with Gasteiger partial charge in [0.2, 0.25) is 0 Å². The van der Waals surface area contributed by atoms with Gasteiger partial charge in [0.1, 0.15) is 12.1 Å². The van der Waals surface area contributed by atoms with Crippen LogP contribution >= 0.6 is 0 Å². The summed E-state index contributed by atoms with van der Waals surface area (Å²) in [5.74, 6) is 1.01. The monoisotopic (exact) mass is 348 g/mol. The van der Waals surface area contributed by atoms with Crippen LogP contribution < -0.4 is 4.90 Å². The standard InChI is InChI=1S/C20H24N6/c1-14-5-4-6-21-17(14)12-25-7-9-26(10-8-25)20-18-15(2)11-16(3)24-19(18)22-13-23-20/h4-6,11,13H,7-10,12H2,1-3H3. The molecule has 0 radical (unpaired) electrons. The van der Waals surface area contributed by atoms with Gasteiger partial charge in [-0.15, -0.1) is 0 Å². The number of fused-ring (bicyclic) bond motifs is 1. The summed E-state index contributed by atoms with van der Waals surface area (Å²) in [5, 5.41) is 1.08. The van der Waals surface area contributed by atoms with Crippen molar-refractivity contribution in [1.29, 1.82) is 0 Å². The third-order valence-corrected chi connectivity index (χ3v) is 5.07. The molecule has 4 rings (SSSR count). The van der Waals surface area contributed by atoms with Crippen molar-refractivity contribution in [3.63, 3.8) is 0 Å². The van der Waals surface area contributed by atoms with Crippen LogP contribution in [0.15, 0.2) is 30.7 Å². The van der Waals surface area contributed by atoms with Gasteiger partial charge in [0.05, 0.1) is 11.1 Å². The largest absolute Gasteiger partial charge is 0.353 e. The van der Waals surface area contributed by atoms with Crippen LogP contribution in [0.25, 0.3) is 11.0 Å². The fraction of sp³-hybridized carbons (Fsp3) is 0.400. The normalized spacial score (nSPS) is 15.6. The molecule has 26 heavy (non-hydrogen) atoms. The molecular weight excluding hydrogens is 324 g/mol. The third-order valence-electron chi connectivity index (χ3n) is 5.07. The van der Waals surface area contributed by atoms with Gasteiger partial charge in [0, 0.05) is 44.6 Å². The van der Waals surface area contributed by atoms with Crippen LogP contribution in [-0.4, -0.2) is 51.0 Å². The summed E-state index contributed by atoms with van der Waals surface area (Å²) < 4.78 is 0. The molecule has 4 heterocycles. The van der Waals surface area contributed by atoms with Crippen molar-refractivity contribution >= 4 is 16.9 Å². The molecule has 0 N–H and O–H groups in total. The lowest BCUT2D eigenvalue weighted by Gasteiger charge is -2.35. The Morgan fingerprint density at radius 2 is 1.77 bits per heavy atom. The molecule has 6 nitrogen and oxygen atoms in total. The van der Waals surface area contributed by atoms with Crippen molar-refractivity contribution in [2.45, 2.75) is 27.3 Å². The van der Waals surface area contributed by atoms with Crippen molar-refractivity contribution < 1.29 is 0 Å². The highest BCUT2D eigenvalue weighted by Gasteiger charge is 2.21. The van der Waals surface area contributed by atoms with Crippen LogP contribution in [0.3, 0.4) is 0 Å². The maximum absolute atomic E-state index is 4.59. The minimum atomic E-state index is 0.791. The summed E-state index contributed by atoms with van der Waals surface area (Å²) in [6, 6.07) is 6.23. The predicted molar refractivity (Wildman–Crippen MR) is 103 cm³/mol. The molecule has 0 saturated carbocycles. The average Bonchev–Trinajstić information content (AvgIpc) is 2.63. The van der Waals surface area contributed by atoms with E-state index in [1.54, 1.807) is 6.33 Å². The van der Waals surface area contributed by atoms with E-state index in [1.807, 2.05) is 19.2 Å². The molecule has 0 unspecified atom stereocenters. The number of anilines is 1. The zero-order valence-corrected chi connectivity index (χ0v) is 15.6. The highest BCUT2D eigenvalue weighted by molar-refractivity contribution is 5.90. The minimum Gasteiger partial charge on any atom is -0.353 e. The molecule has 0 bridgehead atoms. The molecule has 0 aromatic carbocycles. The van der Waals surface area contributed by atoms with Crippen LogP contribution in [0, 0.1) is 20.8 Å². The smallest absolute Gasteiger partial charge is 0.165 e. The number of pyridine rings is 2. The third kappa shape index (κ3) is 3.24. The van der Waals surface area contributed by atoms with Gasteiger partial charge < -0.3 is 4.90 Å². The van der Waals surface area contributed by atoms with Gasteiger partial charge in [-0.1, -0.05) is 6.07 Å². The number of aromatic nitrogens is 4. The van der Waals surface area contributed by atoms with Crippen molar-refractivity contribution in [3.05, 3.63) is 53.2 Å². The zero-order valence-electron chi connectivity index (χ0n) is 15.6. The van der Waals surface area contributed by atoms with Crippen LogP contribution in [0.2, 0.25) is 0 Å². The minimum absolute atomic E-state index is 0.791. The number of rotatable bonds is 3. The van der Waals surface area contributed by atoms with Crippen LogP contribution in [0.5, 0.6) is 0 Å². The van der Waals surface area contributed by atoms with Crippen molar-refractivity contribution in [2.75, 3.05) is 31.1 Å². The first-order valence-corrected chi connectivity index (χ1v) is 9.08. The maximum Gasteiger partial charge on any atom is 0.165 e. The van der Waals surface area contributed by atoms with E-state index >= 15 is 0 Å². The average molecular weight is 348 g/mol. The van der Waals surface area contributed by atoms with E-state index in [0.717, 1.165) is 55.3 Å². The Balaban J connectivity index is 1.52. The summed E-state index contributed by atoms with van der Waals surface area (Å²) in [5.41, 5.74) is 5.40. The Labute approximate surface area is 153 Å². The topological polar surface area (TPSA) is 58.0 Å². The number of nitrogens with zero attached hydrogens (tertiary/aromatic N) is 6. The Morgan fingerprint density at radius 3 is 2.54 bits per heavy atom. The first-order chi connectivity index (χ1) is 12.6. The molecule has 0 aliphatic carbocycles. The van der Waals surface area contributed by atoms with Crippen molar-refractivity contribution in [1.82, 2.24) is 24.8 Å². The van der Waals surface area contributed by atoms with E-state index in [2.05, 4.69) is 55.7 Å². The lowest BCUT2D eigenvalue weighted by molar-refractivity contribution is 0.246. The van der Waals surface area contributed by atoms with E-state index in [-0.39, 0.29) is 0 Å². The van der Waals surface area contributed by atoms with Gasteiger partial charge in [-0.3, -0.25) is 9.88 Å². The predicted octanol–water partition coefficient (Wildman–Crippen LogP) is 2.67. The first kappa shape index (κ1) is 16.8. The zero-order chi connectivity index (χ0) is 18.1. The number of hydrogen-bond acceptors (Lipinski definition) is 6. The van der Waals surface area contributed by atoms with Crippen molar-refractivity contribution in [2.24, 2.45) is 0 Å². The van der Waals surface area contributed by atoms with Crippen LogP contribution in [0.4, 0.5) is 5.82 Å². The summed E-state index contributed by atoms with van der Waals surface area (Å²) in [6.45, 7) is 11.1. The summed E-state index contributed by atoms with van der Waals surface area (Å²) >= 11 is 0. The van der Waals surface area contributed by atoms with Gasteiger partial charge in [-0.05, 0) is 44.0 Å². The quantitative estimate of drug-likeness (QED) is 0.725.